The second-order valence-electron chi connectivity index (χ2n) is 3.09. The van der Waals surface area contributed by atoms with E-state index in [2.05, 4.69) is 17.1 Å². The summed E-state index contributed by atoms with van der Waals surface area (Å²) in [6, 6.07) is 7.17. The lowest BCUT2D eigenvalue weighted by molar-refractivity contribution is 0.545. The zero-order valence-corrected chi connectivity index (χ0v) is 8.10. The number of hydrazone groups is 1. The van der Waals surface area contributed by atoms with Crippen molar-refractivity contribution in [3.05, 3.63) is 48.7 Å². The zero-order chi connectivity index (χ0) is 10.7. The third-order valence-corrected chi connectivity index (χ3v) is 1.82. The molecule has 0 atom stereocenters. The van der Waals surface area contributed by atoms with E-state index in [1.807, 2.05) is 12.1 Å². The molecule has 0 saturated heterocycles. The van der Waals surface area contributed by atoms with Gasteiger partial charge in [-0.15, -0.1) is 5.10 Å². The summed E-state index contributed by atoms with van der Waals surface area (Å²) >= 11 is 0. The van der Waals surface area contributed by atoms with Gasteiger partial charge in [-0.3, -0.25) is 5.43 Å². The quantitative estimate of drug-likeness (QED) is 0.679. The van der Waals surface area contributed by atoms with Crippen LogP contribution in [0, 0.1) is 0 Å². The Kier molecular flexibility index (Phi) is 2.41. The highest BCUT2D eigenvalue weighted by Crippen LogP contribution is 2.15. The molecule has 1 aliphatic rings. The van der Waals surface area contributed by atoms with Crippen LogP contribution in [0.15, 0.2) is 53.8 Å². The van der Waals surface area contributed by atoms with Gasteiger partial charge in [0, 0.05) is 23.5 Å². The molecule has 15 heavy (non-hydrogen) atoms. The number of anilines is 1. The maximum absolute atomic E-state index is 5.62. The topological polar surface area (TPSA) is 59.6 Å². The normalized spacial score (nSPS) is 14.4. The molecule has 0 amide bonds. The van der Waals surface area contributed by atoms with Crippen LogP contribution in [-0.2, 0) is 0 Å². The summed E-state index contributed by atoms with van der Waals surface area (Å²) in [5, 5.41) is 3.95. The summed E-state index contributed by atoms with van der Waals surface area (Å²) in [7, 11) is 0. The van der Waals surface area contributed by atoms with Gasteiger partial charge in [0.05, 0.1) is 0 Å². The van der Waals surface area contributed by atoms with E-state index < -0.39 is 0 Å². The van der Waals surface area contributed by atoms with Gasteiger partial charge in [-0.05, 0) is 18.2 Å². The number of nitrogens with two attached hydrogens (primary N) is 1. The molecule has 0 aliphatic carbocycles. The first kappa shape index (κ1) is 9.33. The van der Waals surface area contributed by atoms with Crippen molar-refractivity contribution >= 4 is 11.6 Å². The first-order valence-corrected chi connectivity index (χ1v) is 4.48. The fraction of sp³-hybridized carbons (Fsp3) is 0. The number of benzene rings is 1. The Balaban J connectivity index is 2.10. The van der Waals surface area contributed by atoms with Gasteiger partial charge in [-0.1, -0.05) is 12.6 Å². The van der Waals surface area contributed by atoms with E-state index in [0.29, 0.717) is 17.3 Å². The van der Waals surface area contributed by atoms with Gasteiger partial charge in [0.2, 0.25) is 5.90 Å². The molecule has 1 aromatic rings. The van der Waals surface area contributed by atoms with Crippen LogP contribution >= 0.6 is 0 Å². The van der Waals surface area contributed by atoms with E-state index in [4.69, 9.17) is 10.5 Å². The van der Waals surface area contributed by atoms with Crippen LogP contribution in [0.4, 0.5) is 5.69 Å². The fourth-order valence-electron chi connectivity index (χ4n) is 1.13. The van der Waals surface area contributed by atoms with Crippen molar-refractivity contribution in [3.63, 3.8) is 0 Å². The van der Waals surface area contributed by atoms with Crippen molar-refractivity contribution in [1.82, 2.24) is 5.43 Å². The highest BCUT2D eigenvalue weighted by atomic mass is 16.5. The monoisotopic (exact) mass is 201 g/mol. The van der Waals surface area contributed by atoms with Crippen LogP contribution < -0.4 is 15.9 Å². The first-order valence-electron chi connectivity index (χ1n) is 4.48. The Morgan fingerprint density at radius 2 is 2.20 bits per heavy atom. The molecular formula is C11H11N3O. The fourth-order valence-corrected chi connectivity index (χ4v) is 1.13. The second-order valence-corrected chi connectivity index (χ2v) is 3.09. The summed E-state index contributed by atoms with van der Waals surface area (Å²) in [6.07, 6.45) is 3.52. The number of nitrogens with one attached hydrogen (secondary N) is 1. The predicted molar refractivity (Wildman–Crippen MR) is 60.3 cm³/mol. The van der Waals surface area contributed by atoms with E-state index >= 15 is 0 Å². The maximum atomic E-state index is 5.62. The smallest absolute Gasteiger partial charge is 0.236 e. The Morgan fingerprint density at radius 1 is 1.33 bits per heavy atom. The third-order valence-electron chi connectivity index (χ3n) is 1.82. The van der Waals surface area contributed by atoms with Gasteiger partial charge >= 0.3 is 0 Å². The second kappa shape index (κ2) is 3.88. The molecule has 0 spiro atoms. The Morgan fingerprint density at radius 3 is 2.87 bits per heavy atom. The highest BCUT2D eigenvalue weighted by molar-refractivity contribution is 5.90. The molecule has 4 nitrogen and oxygen atoms in total. The predicted octanol–water partition coefficient (Wildman–Crippen LogP) is 1.63. The van der Waals surface area contributed by atoms with Gasteiger partial charge in [0.1, 0.15) is 5.75 Å². The molecule has 4 heteroatoms. The minimum absolute atomic E-state index is 0.480. The summed E-state index contributed by atoms with van der Waals surface area (Å²) < 4.78 is 5.46. The van der Waals surface area contributed by atoms with Gasteiger partial charge < -0.3 is 10.5 Å². The molecule has 1 heterocycles. The molecule has 1 aromatic carbocycles. The van der Waals surface area contributed by atoms with Gasteiger partial charge in [0.25, 0.3) is 0 Å². The lowest BCUT2D eigenvalue weighted by atomic mass is 10.3. The molecule has 0 aromatic heterocycles. The van der Waals surface area contributed by atoms with E-state index in [0.717, 1.165) is 5.70 Å². The first-order chi connectivity index (χ1) is 7.24. The summed E-state index contributed by atoms with van der Waals surface area (Å²) in [5.41, 5.74) is 9.72. The van der Waals surface area contributed by atoms with Crippen molar-refractivity contribution in [2.45, 2.75) is 0 Å². The van der Waals surface area contributed by atoms with Crippen molar-refractivity contribution in [1.29, 1.82) is 0 Å². The summed E-state index contributed by atoms with van der Waals surface area (Å²) in [4.78, 5) is 0. The minimum atomic E-state index is 0.480. The van der Waals surface area contributed by atoms with Gasteiger partial charge in [-0.25, -0.2) is 0 Å². The van der Waals surface area contributed by atoms with Crippen molar-refractivity contribution in [3.8, 4) is 5.75 Å². The molecule has 76 valence electrons. The molecular weight excluding hydrogens is 190 g/mol. The largest absolute Gasteiger partial charge is 0.438 e. The molecule has 1 aliphatic heterocycles. The number of allylic oxidation sites excluding steroid dienone is 1. The Labute approximate surface area is 87.7 Å². The van der Waals surface area contributed by atoms with Crippen LogP contribution in [-0.4, -0.2) is 5.90 Å². The average molecular weight is 201 g/mol. The SMILES string of the molecule is C=C1C=CC(Oc2cccc(N)c2)=NN1. The number of nitrogens with zero attached hydrogens (tertiary/aromatic N) is 1. The van der Waals surface area contributed by atoms with Crippen LogP contribution in [0.25, 0.3) is 0 Å². The van der Waals surface area contributed by atoms with E-state index in [1.54, 1.807) is 24.3 Å². The van der Waals surface area contributed by atoms with Gasteiger partial charge in [0.15, 0.2) is 0 Å². The standard InChI is InChI=1S/C11H11N3O/c1-8-5-6-11(14-13-8)15-10-4-2-3-9(12)7-10/h2-7,13H,1,12H2. The van der Waals surface area contributed by atoms with E-state index in [9.17, 15) is 0 Å². The Hall–Kier alpha value is -2.23. The third kappa shape index (κ3) is 2.37. The molecule has 0 fully saturated rings. The van der Waals surface area contributed by atoms with Crippen LogP contribution in [0.2, 0.25) is 0 Å². The molecule has 3 N–H and O–H groups in total. The number of hydrogen-bond acceptors (Lipinski definition) is 4. The molecule has 0 bridgehead atoms. The lowest BCUT2D eigenvalue weighted by Gasteiger charge is -2.10. The zero-order valence-electron chi connectivity index (χ0n) is 8.10. The molecule has 2 rings (SSSR count). The summed E-state index contributed by atoms with van der Waals surface area (Å²) in [5.74, 6) is 1.14. The number of nitrogen functional groups attached to an aromatic ring is 1. The number of ether oxygens (including phenoxy) is 1. The lowest BCUT2D eigenvalue weighted by Crippen LogP contribution is -2.16. The minimum Gasteiger partial charge on any atom is -0.438 e. The number of hydrogen-bond donors (Lipinski definition) is 2. The molecule has 0 saturated carbocycles. The molecule has 0 unspecified atom stereocenters. The maximum Gasteiger partial charge on any atom is 0.236 e. The van der Waals surface area contributed by atoms with Crippen LogP contribution in [0.1, 0.15) is 0 Å². The van der Waals surface area contributed by atoms with Crippen LogP contribution in [0.5, 0.6) is 5.75 Å². The van der Waals surface area contributed by atoms with Crippen molar-refractivity contribution in [2.24, 2.45) is 5.10 Å². The number of rotatable bonds is 1. The van der Waals surface area contributed by atoms with Crippen LogP contribution in [0.3, 0.4) is 0 Å². The van der Waals surface area contributed by atoms with Gasteiger partial charge in [-0.2, -0.15) is 0 Å². The molecule has 0 radical (unpaired) electrons. The van der Waals surface area contributed by atoms with E-state index in [-0.39, 0.29) is 0 Å². The van der Waals surface area contributed by atoms with Crippen molar-refractivity contribution in [2.75, 3.05) is 5.73 Å². The average Bonchev–Trinajstić information content (AvgIpc) is 2.22. The Bertz CT molecular complexity index is 449. The van der Waals surface area contributed by atoms with Crippen molar-refractivity contribution < 1.29 is 4.74 Å². The highest BCUT2D eigenvalue weighted by Gasteiger charge is 2.03. The van der Waals surface area contributed by atoms with E-state index in [1.165, 1.54) is 0 Å². The summed E-state index contributed by atoms with van der Waals surface area (Å²) in [6.45, 7) is 3.69.